The number of aliphatic carboxylic acids is 1. The first-order valence-corrected chi connectivity index (χ1v) is 5.96. The van der Waals surface area contributed by atoms with Crippen LogP contribution >= 0.6 is 0 Å². The normalized spacial score (nSPS) is 13.7. The third-order valence-electron chi connectivity index (χ3n) is 3.05. The molecule has 1 rings (SSSR count). The summed E-state index contributed by atoms with van der Waals surface area (Å²) in [6, 6.07) is 0.130. The van der Waals surface area contributed by atoms with E-state index < -0.39 is 46.9 Å². The summed E-state index contributed by atoms with van der Waals surface area (Å²) in [7, 11) is 0. The number of hydrogen-bond acceptors (Lipinski definition) is 2. The molecule has 0 fully saturated rings. The molecule has 0 radical (unpaired) electrons. The zero-order valence-corrected chi connectivity index (χ0v) is 10.9. The summed E-state index contributed by atoms with van der Waals surface area (Å²) < 4.78 is 39.2. The van der Waals surface area contributed by atoms with Crippen LogP contribution in [-0.4, -0.2) is 23.0 Å². The van der Waals surface area contributed by atoms with Gasteiger partial charge in [0.05, 0.1) is 5.56 Å². The quantitative estimate of drug-likeness (QED) is 0.818. The van der Waals surface area contributed by atoms with Crippen molar-refractivity contribution in [3.63, 3.8) is 0 Å². The standard InChI is InChI=1S/C13H14F3NO3/c1-3-6(2)11(13(19)20)17-12(18)7-4-5-8(14)10(16)9(7)15/h4-6,11H,3H2,1-2H3,(H,17,18)(H,19,20)/t6-,11-/m0/s1. The van der Waals surface area contributed by atoms with Crippen LogP contribution in [0.15, 0.2) is 12.1 Å². The number of rotatable bonds is 5. The van der Waals surface area contributed by atoms with Gasteiger partial charge in [-0.15, -0.1) is 0 Å². The average molecular weight is 289 g/mol. The molecule has 0 bridgehead atoms. The highest BCUT2D eigenvalue weighted by Crippen LogP contribution is 2.16. The molecule has 20 heavy (non-hydrogen) atoms. The molecule has 110 valence electrons. The fourth-order valence-electron chi connectivity index (χ4n) is 1.60. The number of amides is 1. The van der Waals surface area contributed by atoms with Gasteiger partial charge in [0.1, 0.15) is 6.04 Å². The molecule has 0 heterocycles. The van der Waals surface area contributed by atoms with Crippen molar-refractivity contribution in [3.05, 3.63) is 35.1 Å². The van der Waals surface area contributed by atoms with Gasteiger partial charge in [-0.1, -0.05) is 20.3 Å². The highest BCUT2D eigenvalue weighted by molar-refractivity contribution is 5.96. The van der Waals surface area contributed by atoms with Gasteiger partial charge in [-0.25, -0.2) is 18.0 Å². The molecule has 4 nitrogen and oxygen atoms in total. The van der Waals surface area contributed by atoms with Crippen LogP contribution in [-0.2, 0) is 4.79 Å². The molecule has 0 saturated carbocycles. The molecule has 0 saturated heterocycles. The van der Waals surface area contributed by atoms with E-state index in [1.807, 2.05) is 0 Å². The summed E-state index contributed by atoms with van der Waals surface area (Å²) in [5.41, 5.74) is -0.738. The first kappa shape index (κ1) is 16.0. The van der Waals surface area contributed by atoms with Crippen LogP contribution in [0.25, 0.3) is 0 Å². The van der Waals surface area contributed by atoms with E-state index in [-0.39, 0.29) is 0 Å². The van der Waals surface area contributed by atoms with Gasteiger partial charge >= 0.3 is 5.97 Å². The Morgan fingerprint density at radius 3 is 2.35 bits per heavy atom. The smallest absolute Gasteiger partial charge is 0.326 e. The summed E-state index contributed by atoms with van der Waals surface area (Å²) in [6.45, 7) is 3.32. The Bertz CT molecular complexity index is 534. The lowest BCUT2D eigenvalue weighted by Gasteiger charge is -2.20. The first-order valence-electron chi connectivity index (χ1n) is 5.96. The molecule has 1 aromatic rings. The molecular weight excluding hydrogens is 275 g/mol. The topological polar surface area (TPSA) is 66.4 Å². The van der Waals surface area contributed by atoms with E-state index in [1.165, 1.54) is 0 Å². The van der Waals surface area contributed by atoms with Gasteiger partial charge in [-0.05, 0) is 18.1 Å². The van der Waals surface area contributed by atoms with Crippen molar-refractivity contribution < 1.29 is 27.9 Å². The summed E-state index contributed by atoms with van der Waals surface area (Å²) >= 11 is 0. The fraction of sp³-hybridized carbons (Fsp3) is 0.385. The minimum atomic E-state index is -1.77. The summed E-state index contributed by atoms with van der Waals surface area (Å²) in [4.78, 5) is 22.8. The van der Waals surface area contributed by atoms with Crippen molar-refractivity contribution in [2.45, 2.75) is 26.3 Å². The highest BCUT2D eigenvalue weighted by atomic mass is 19.2. The Morgan fingerprint density at radius 1 is 1.25 bits per heavy atom. The number of hydrogen-bond donors (Lipinski definition) is 2. The lowest BCUT2D eigenvalue weighted by atomic mass is 9.99. The van der Waals surface area contributed by atoms with E-state index in [0.29, 0.717) is 12.5 Å². The van der Waals surface area contributed by atoms with Crippen molar-refractivity contribution in [1.82, 2.24) is 5.32 Å². The molecule has 0 aliphatic carbocycles. The maximum Gasteiger partial charge on any atom is 0.326 e. The maximum absolute atomic E-state index is 13.4. The van der Waals surface area contributed by atoms with Crippen LogP contribution in [0.3, 0.4) is 0 Å². The van der Waals surface area contributed by atoms with Crippen LogP contribution in [0.2, 0.25) is 0 Å². The van der Waals surface area contributed by atoms with Crippen LogP contribution in [0.4, 0.5) is 13.2 Å². The summed E-state index contributed by atoms with van der Waals surface area (Å²) in [5, 5.41) is 11.1. The summed E-state index contributed by atoms with van der Waals surface area (Å²) in [5.74, 6) is -7.62. The zero-order chi connectivity index (χ0) is 15.4. The molecule has 1 aromatic carbocycles. The molecule has 0 aliphatic rings. The van der Waals surface area contributed by atoms with Gasteiger partial charge < -0.3 is 10.4 Å². The van der Waals surface area contributed by atoms with Crippen LogP contribution in [0.5, 0.6) is 0 Å². The SMILES string of the molecule is CC[C@H](C)[C@H](NC(=O)c1ccc(F)c(F)c1F)C(=O)O. The minimum absolute atomic E-state index is 0.398. The van der Waals surface area contributed by atoms with E-state index in [1.54, 1.807) is 13.8 Å². The highest BCUT2D eigenvalue weighted by Gasteiger charge is 2.27. The number of benzene rings is 1. The van der Waals surface area contributed by atoms with Gasteiger partial charge in [0.25, 0.3) is 5.91 Å². The lowest BCUT2D eigenvalue weighted by molar-refractivity contribution is -0.140. The number of halogens is 3. The summed E-state index contributed by atoms with van der Waals surface area (Å²) in [6.07, 6.45) is 0.470. The van der Waals surface area contributed by atoms with E-state index in [9.17, 15) is 22.8 Å². The Hall–Kier alpha value is -2.05. The Morgan fingerprint density at radius 2 is 1.85 bits per heavy atom. The largest absolute Gasteiger partial charge is 0.480 e. The van der Waals surface area contributed by atoms with Gasteiger partial charge in [-0.2, -0.15) is 0 Å². The minimum Gasteiger partial charge on any atom is -0.480 e. The van der Waals surface area contributed by atoms with Gasteiger partial charge in [0.15, 0.2) is 17.5 Å². The fourth-order valence-corrected chi connectivity index (χ4v) is 1.60. The third kappa shape index (κ3) is 3.28. The Balaban J connectivity index is 3.01. The second kappa shape index (κ2) is 6.40. The molecule has 0 aliphatic heterocycles. The van der Waals surface area contributed by atoms with Gasteiger partial charge in [0.2, 0.25) is 0 Å². The van der Waals surface area contributed by atoms with E-state index in [4.69, 9.17) is 5.11 Å². The molecule has 2 N–H and O–H groups in total. The van der Waals surface area contributed by atoms with E-state index >= 15 is 0 Å². The Labute approximate surface area is 113 Å². The van der Waals surface area contributed by atoms with Crippen LogP contribution in [0.1, 0.15) is 30.6 Å². The van der Waals surface area contributed by atoms with Crippen molar-refractivity contribution in [1.29, 1.82) is 0 Å². The second-order valence-corrected chi connectivity index (χ2v) is 4.40. The molecule has 7 heteroatoms. The molecular formula is C13H14F3NO3. The van der Waals surface area contributed by atoms with Gasteiger partial charge in [0, 0.05) is 0 Å². The number of carbonyl (C=O) groups excluding carboxylic acids is 1. The van der Waals surface area contributed by atoms with Crippen molar-refractivity contribution in [3.8, 4) is 0 Å². The van der Waals surface area contributed by atoms with Gasteiger partial charge in [-0.3, -0.25) is 4.79 Å². The molecule has 2 atom stereocenters. The second-order valence-electron chi connectivity index (χ2n) is 4.40. The average Bonchev–Trinajstić information content (AvgIpc) is 2.40. The monoisotopic (exact) mass is 289 g/mol. The predicted molar refractivity (Wildman–Crippen MR) is 64.7 cm³/mol. The molecule has 0 aromatic heterocycles. The number of carboxylic acids is 1. The first-order chi connectivity index (χ1) is 9.29. The van der Waals surface area contributed by atoms with Crippen molar-refractivity contribution in [2.75, 3.05) is 0 Å². The third-order valence-corrected chi connectivity index (χ3v) is 3.05. The number of nitrogens with one attached hydrogen (secondary N) is 1. The van der Waals surface area contributed by atoms with Crippen LogP contribution < -0.4 is 5.32 Å². The molecule has 0 spiro atoms. The van der Waals surface area contributed by atoms with Crippen molar-refractivity contribution >= 4 is 11.9 Å². The van der Waals surface area contributed by atoms with E-state index in [2.05, 4.69) is 5.32 Å². The number of carbonyl (C=O) groups is 2. The predicted octanol–water partition coefficient (Wildman–Crippen LogP) is 2.33. The lowest BCUT2D eigenvalue weighted by Crippen LogP contribution is -2.45. The molecule has 1 amide bonds. The maximum atomic E-state index is 13.4. The number of carboxylic acid groups (broad SMARTS) is 1. The molecule has 0 unspecified atom stereocenters. The Kier molecular flexibility index (Phi) is 5.12. The van der Waals surface area contributed by atoms with Crippen LogP contribution in [0, 0.1) is 23.4 Å². The van der Waals surface area contributed by atoms with E-state index in [0.717, 1.165) is 6.07 Å². The van der Waals surface area contributed by atoms with Crippen molar-refractivity contribution in [2.24, 2.45) is 5.92 Å². The zero-order valence-electron chi connectivity index (χ0n) is 10.9.